The fourth-order valence-corrected chi connectivity index (χ4v) is 2.84. The van der Waals surface area contributed by atoms with E-state index in [0.717, 1.165) is 18.8 Å². The highest BCUT2D eigenvalue weighted by atomic mass is 16.5. The van der Waals surface area contributed by atoms with Crippen LogP contribution < -0.4 is 10.1 Å². The minimum Gasteiger partial charge on any atom is -0.493 e. The molecule has 0 aromatic heterocycles. The Hall–Kier alpha value is -1.02. The van der Waals surface area contributed by atoms with Crippen LogP contribution in [0.15, 0.2) is 24.3 Å². The van der Waals surface area contributed by atoms with Crippen molar-refractivity contribution in [2.24, 2.45) is 0 Å². The molecule has 2 heterocycles. The molecule has 3 rings (SSSR count). The van der Waals surface area contributed by atoms with Gasteiger partial charge in [0.2, 0.25) is 0 Å². The first kappa shape index (κ1) is 9.22. The number of fused-ring (bicyclic) bond motifs is 1. The first-order chi connectivity index (χ1) is 7.45. The van der Waals surface area contributed by atoms with E-state index in [1.54, 1.807) is 0 Å². The maximum Gasteiger partial charge on any atom is 0.122 e. The third-order valence-corrected chi connectivity index (χ3v) is 3.59. The zero-order valence-electron chi connectivity index (χ0n) is 8.91. The Morgan fingerprint density at radius 1 is 1.20 bits per heavy atom. The summed E-state index contributed by atoms with van der Waals surface area (Å²) in [6.45, 7) is 2.06. The summed E-state index contributed by atoms with van der Waals surface area (Å²) >= 11 is 0. The molecule has 2 heteroatoms. The van der Waals surface area contributed by atoms with Gasteiger partial charge in [-0.2, -0.15) is 0 Å². The van der Waals surface area contributed by atoms with Crippen LogP contribution in [0.1, 0.15) is 30.7 Å². The van der Waals surface area contributed by atoms with Crippen molar-refractivity contribution >= 4 is 0 Å². The lowest BCUT2D eigenvalue weighted by Gasteiger charge is -2.30. The minimum atomic E-state index is 0.664. The zero-order valence-corrected chi connectivity index (χ0v) is 8.91. The second-order valence-corrected chi connectivity index (χ2v) is 4.48. The van der Waals surface area contributed by atoms with Crippen LogP contribution in [0.5, 0.6) is 5.75 Å². The molecule has 2 atom stereocenters. The molecule has 1 N–H and O–H groups in total. The van der Waals surface area contributed by atoms with Crippen molar-refractivity contribution < 1.29 is 4.74 Å². The average molecular weight is 203 g/mol. The molecular formula is C13H17NO. The van der Waals surface area contributed by atoms with E-state index in [-0.39, 0.29) is 0 Å². The van der Waals surface area contributed by atoms with E-state index >= 15 is 0 Å². The lowest BCUT2D eigenvalue weighted by atomic mass is 9.86. The SMILES string of the molecule is c1ccc2c(c1)OCC[C@@H]2[C@H]1CCCN1. The fraction of sp³-hybridized carbons (Fsp3) is 0.538. The first-order valence-corrected chi connectivity index (χ1v) is 5.90. The molecule has 0 saturated carbocycles. The molecule has 1 fully saturated rings. The average Bonchev–Trinajstić information content (AvgIpc) is 2.82. The van der Waals surface area contributed by atoms with Gasteiger partial charge in [-0.05, 0) is 37.4 Å². The molecule has 0 aliphatic carbocycles. The number of hydrogen-bond acceptors (Lipinski definition) is 2. The van der Waals surface area contributed by atoms with Gasteiger partial charge in [-0.1, -0.05) is 18.2 Å². The third kappa shape index (κ3) is 1.63. The van der Waals surface area contributed by atoms with Crippen molar-refractivity contribution in [3.8, 4) is 5.75 Å². The predicted molar refractivity (Wildman–Crippen MR) is 60.3 cm³/mol. The van der Waals surface area contributed by atoms with Crippen molar-refractivity contribution in [3.05, 3.63) is 29.8 Å². The van der Waals surface area contributed by atoms with Crippen LogP contribution in [0.4, 0.5) is 0 Å². The number of ether oxygens (including phenoxy) is 1. The van der Waals surface area contributed by atoms with Crippen LogP contribution in [0.25, 0.3) is 0 Å². The molecule has 1 aromatic rings. The van der Waals surface area contributed by atoms with Crippen LogP contribution in [0, 0.1) is 0 Å². The monoisotopic (exact) mass is 203 g/mol. The van der Waals surface area contributed by atoms with Crippen LogP contribution >= 0.6 is 0 Å². The van der Waals surface area contributed by atoms with Gasteiger partial charge in [0, 0.05) is 12.0 Å². The molecule has 15 heavy (non-hydrogen) atoms. The summed E-state index contributed by atoms with van der Waals surface area (Å²) in [6, 6.07) is 9.17. The molecule has 0 radical (unpaired) electrons. The maximum absolute atomic E-state index is 5.69. The van der Waals surface area contributed by atoms with Crippen LogP contribution in [-0.2, 0) is 0 Å². The molecule has 2 nitrogen and oxygen atoms in total. The molecule has 0 bridgehead atoms. The number of benzene rings is 1. The Morgan fingerprint density at radius 3 is 3.00 bits per heavy atom. The van der Waals surface area contributed by atoms with Crippen molar-refractivity contribution in [1.29, 1.82) is 0 Å². The van der Waals surface area contributed by atoms with Gasteiger partial charge in [0.15, 0.2) is 0 Å². The predicted octanol–water partition coefficient (Wildman–Crippen LogP) is 2.30. The summed E-state index contributed by atoms with van der Waals surface area (Å²) in [5.41, 5.74) is 1.41. The van der Waals surface area contributed by atoms with Gasteiger partial charge in [-0.3, -0.25) is 0 Å². The first-order valence-electron chi connectivity index (χ1n) is 5.90. The largest absolute Gasteiger partial charge is 0.493 e. The summed E-state index contributed by atoms with van der Waals surface area (Å²) in [5.74, 6) is 1.76. The van der Waals surface area contributed by atoms with Crippen LogP contribution in [0.3, 0.4) is 0 Å². The number of para-hydroxylation sites is 1. The smallest absolute Gasteiger partial charge is 0.122 e. The van der Waals surface area contributed by atoms with E-state index < -0.39 is 0 Å². The highest BCUT2D eigenvalue weighted by molar-refractivity contribution is 5.38. The Morgan fingerprint density at radius 2 is 2.13 bits per heavy atom. The van der Waals surface area contributed by atoms with Gasteiger partial charge in [0.1, 0.15) is 5.75 Å². The lowest BCUT2D eigenvalue weighted by molar-refractivity contribution is 0.250. The van der Waals surface area contributed by atoms with Crippen LogP contribution in [0.2, 0.25) is 0 Å². The standard InChI is InChI=1S/C13H17NO/c1-2-6-13-11(4-1)10(7-9-15-13)12-5-3-8-14-12/h1-2,4,6,10,12,14H,3,5,7-9H2/t10-,12+/m0/s1. The van der Waals surface area contributed by atoms with E-state index in [1.807, 2.05) is 0 Å². The van der Waals surface area contributed by atoms with Gasteiger partial charge >= 0.3 is 0 Å². The third-order valence-electron chi connectivity index (χ3n) is 3.59. The van der Waals surface area contributed by atoms with Gasteiger partial charge in [-0.25, -0.2) is 0 Å². The number of rotatable bonds is 1. The Kier molecular flexibility index (Phi) is 2.37. The quantitative estimate of drug-likeness (QED) is 0.756. The molecule has 1 aromatic carbocycles. The molecule has 2 aliphatic heterocycles. The summed E-state index contributed by atoms with van der Waals surface area (Å²) in [7, 11) is 0. The molecule has 0 amide bonds. The van der Waals surface area contributed by atoms with Crippen LogP contribution in [-0.4, -0.2) is 19.2 Å². The zero-order chi connectivity index (χ0) is 10.1. The maximum atomic E-state index is 5.69. The van der Waals surface area contributed by atoms with E-state index in [9.17, 15) is 0 Å². The summed E-state index contributed by atoms with van der Waals surface area (Å²) in [6.07, 6.45) is 3.80. The topological polar surface area (TPSA) is 21.3 Å². The van der Waals surface area contributed by atoms with Gasteiger partial charge in [0.25, 0.3) is 0 Å². The highest BCUT2D eigenvalue weighted by Crippen LogP contribution is 2.37. The summed E-state index contributed by atoms with van der Waals surface area (Å²) in [4.78, 5) is 0. The number of nitrogens with one attached hydrogen (secondary N) is 1. The summed E-state index contributed by atoms with van der Waals surface area (Å²) < 4.78 is 5.69. The van der Waals surface area contributed by atoms with Gasteiger partial charge in [-0.15, -0.1) is 0 Å². The van der Waals surface area contributed by atoms with Crippen molar-refractivity contribution in [2.45, 2.75) is 31.2 Å². The Bertz CT molecular complexity index is 344. The van der Waals surface area contributed by atoms with Crippen molar-refractivity contribution in [2.75, 3.05) is 13.2 Å². The molecule has 80 valence electrons. The minimum absolute atomic E-state index is 0.664. The van der Waals surface area contributed by atoms with E-state index in [4.69, 9.17) is 4.74 Å². The van der Waals surface area contributed by atoms with E-state index in [2.05, 4.69) is 29.6 Å². The number of hydrogen-bond donors (Lipinski definition) is 1. The molecule has 2 aliphatic rings. The molecule has 0 spiro atoms. The van der Waals surface area contributed by atoms with E-state index in [0.29, 0.717) is 12.0 Å². The van der Waals surface area contributed by atoms with Gasteiger partial charge in [0.05, 0.1) is 6.61 Å². The van der Waals surface area contributed by atoms with E-state index in [1.165, 1.54) is 24.9 Å². The van der Waals surface area contributed by atoms with Crippen molar-refractivity contribution in [3.63, 3.8) is 0 Å². The Balaban J connectivity index is 1.91. The second kappa shape index (κ2) is 3.86. The second-order valence-electron chi connectivity index (χ2n) is 4.48. The Labute approximate surface area is 90.6 Å². The van der Waals surface area contributed by atoms with Crippen molar-refractivity contribution in [1.82, 2.24) is 5.32 Å². The fourth-order valence-electron chi connectivity index (χ4n) is 2.84. The lowest BCUT2D eigenvalue weighted by Crippen LogP contribution is -2.32. The highest BCUT2D eigenvalue weighted by Gasteiger charge is 2.30. The molecule has 1 saturated heterocycles. The normalized spacial score (nSPS) is 29.6. The summed E-state index contributed by atoms with van der Waals surface area (Å²) in [5, 5.41) is 3.61. The molecule has 0 unspecified atom stereocenters. The molecular weight excluding hydrogens is 186 g/mol. The van der Waals surface area contributed by atoms with Gasteiger partial charge < -0.3 is 10.1 Å².